The van der Waals surface area contributed by atoms with Gasteiger partial charge in [0.05, 0.1) is 10.6 Å². The van der Waals surface area contributed by atoms with Crippen LogP contribution in [0.5, 0.6) is 0 Å². The Morgan fingerprint density at radius 1 is 1.10 bits per heavy atom. The third-order valence-electron chi connectivity index (χ3n) is 4.75. The first-order chi connectivity index (χ1) is 10.1. The maximum Gasteiger partial charge on any atom is 0.178 e. The molecule has 3 nitrogen and oxygen atoms in total. The molecule has 1 fully saturated rings. The van der Waals surface area contributed by atoms with Gasteiger partial charge in [-0.05, 0) is 50.0 Å². The highest BCUT2D eigenvalue weighted by Gasteiger charge is 2.31. The lowest BCUT2D eigenvalue weighted by Crippen LogP contribution is -2.39. The topological polar surface area (TPSA) is 46.2 Å². The Balaban J connectivity index is 1.73. The number of thioether (sulfide) groups is 1. The van der Waals surface area contributed by atoms with Gasteiger partial charge in [0.15, 0.2) is 9.84 Å². The molecule has 2 aliphatic rings. The minimum absolute atomic E-state index is 0.195. The van der Waals surface area contributed by atoms with E-state index in [1.165, 1.54) is 25.7 Å². The summed E-state index contributed by atoms with van der Waals surface area (Å²) in [5, 5.41) is 4.53. The second-order valence-corrected chi connectivity index (χ2v) is 9.29. The minimum Gasteiger partial charge on any atom is -0.307 e. The molecule has 1 aliphatic heterocycles. The van der Waals surface area contributed by atoms with E-state index in [4.69, 9.17) is 0 Å². The third kappa shape index (κ3) is 3.30. The Bertz CT molecular complexity index is 592. The molecule has 1 unspecified atom stereocenters. The molecule has 1 atom stereocenters. The second kappa shape index (κ2) is 6.31. The summed E-state index contributed by atoms with van der Waals surface area (Å²) in [6.45, 7) is 0. The van der Waals surface area contributed by atoms with Crippen LogP contribution in [0.2, 0.25) is 0 Å². The van der Waals surface area contributed by atoms with Gasteiger partial charge < -0.3 is 5.32 Å². The lowest BCUT2D eigenvalue weighted by atomic mass is 9.93. The zero-order chi connectivity index (χ0) is 14.9. The van der Waals surface area contributed by atoms with E-state index in [9.17, 15) is 8.42 Å². The maximum atomic E-state index is 12.2. The normalized spacial score (nSPS) is 31.6. The van der Waals surface area contributed by atoms with Crippen LogP contribution in [0.15, 0.2) is 29.2 Å². The quantitative estimate of drug-likeness (QED) is 0.927. The van der Waals surface area contributed by atoms with Crippen molar-refractivity contribution < 1.29 is 8.42 Å². The van der Waals surface area contributed by atoms with Crippen molar-refractivity contribution in [1.82, 2.24) is 5.32 Å². The summed E-state index contributed by atoms with van der Waals surface area (Å²) in [5.41, 5.74) is 0.968. The molecule has 1 aliphatic carbocycles. The molecule has 116 valence electrons. The number of rotatable bonds is 3. The van der Waals surface area contributed by atoms with Gasteiger partial charge in [0.25, 0.3) is 0 Å². The highest BCUT2D eigenvalue weighted by Crippen LogP contribution is 2.34. The van der Waals surface area contributed by atoms with Crippen molar-refractivity contribution in [3.8, 4) is 0 Å². The fourth-order valence-electron chi connectivity index (χ4n) is 3.51. The van der Waals surface area contributed by atoms with Crippen molar-refractivity contribution in [3.05, 3.63) is 29.8 Å². The third-order valence-corrected chi connectivity index (χ3v) is 7.70. The van der Waals surface area contributed by atoms with Gasteiger partial charge in [-0.25, -0.2) is 8.42 Å². The minimum atomic E-state index is -3.07. The van der Waals surface area contributed by atoms with E-state index >= 15 is 0 Å². The number of benzene rings is 1. The zero-order valence-electron chi connectivity index (χ0n) is 12.4. The molecule has 0 saturated heterocycles. The molecule has 0 spiro atoms. The molecule has 1 aromatic rings. The molecule has 1 saturated carbocycles. The van der Waals surface area contributed by atoms with Gasteiger partial charge in [-0.15, -0.1) is 0 Å². The Morgan fingerprint density at radius 3 is 2.52 bits per heavy atom. The number of nitrogens with one attached hydrogen (secondary N) is 1. The molecule has 0 radical (unpaired) electrons. The summed E-state index contributed by atoms with van der Waals surface area (Å²) < 4.78 is 24.3. The first kappa shape index (κ1) is 15.4. The van der Waals surface area contributed by atoms with E-state index in [0.29, 0.717) is 17.4 Å². The lowest BCUT2D eigenvalue weighted by Gasteiger charge is -2.34. The largest absolute Gasteiger partial charge is 0.307 e. The highest BCUT2D eigenvalue weighted by molar-refractivity contribution is 7.99. The molecule has 1 N–H and O–H groups in total. The average Bonchev–Trinajstić information content (AvgIpc) is 2.51. The average molecular weight is 325 g/mol. The number of hydrogen-bond donors (Lipinski definition) is 1. The molecule has 3 rings (SSSR count). The SMILES string of the molecule is CSC1CCC(NC2CCS(=O)(=O)c3ccccc32)CC1. The predicted molar refractivity (Wildman–Crippen MR) is 88.5 cm³/mol. The molecular formula is C16H23NO2S2. The van der Waals surface area contributed by atoms with Crippen LogP contribution < -0.4 is 5.32 Å². The van der Waals surface area contributed by atoms with Crippen molar-refractivity contribution in [2.24, 2.45) is 0 Å². The summed E-state index contributed by atoms with van der Waals surface area (Å²) in [7, 11) is -3.07. The van der Waals surface area contributed by atoms with E-state index in [-0.39, 0.29) is 11.8 Å². The van der Waals surface area contributed by atoms with Gasteiger partial charge in [0.1, 0.15) is 0 Å². The Morgan fingerprint density at radius 2 is 1.81 bits per heavy atom. The fraction of sp³-hybridized carbons (Fsp3) is 0.625. The van der Waals surface area contributed by atoms with Crippen LogP contribution in [-0.4, -0.2) is 31.7 Å². The standard InChI is InChI=1S/C16H23NO2S2/c1-20-13-8-6-12(7-9-13)17-15-10-11-21(18,19)16-5-3-2-4-14(15)16/h2-5,12-13,15,17H,6-11H2,1H3. The second-order valence-electron chi connectivity index (χ2n) is 6.07. The molecule has 0 bridgehead atoms. The van der Waals surface area contributed by atoms with Crippen LogP contribution >= 0.6 is 11.8 Å². The summed E-state index contributed by atoms with van der Waals surface area (Å²) in [4.78, 5) is 0.534. The van der Waals surface area contributed by atoms with Crippen LogP contribution in [0, 0.1) is 0 Å². The molecule has 0 aromatic heterocycles. The van der Waals surface area contributed by atoms with Gasteiger partial charge in [0.2, 0.25) is 0 Å². The van der Waals surface area contributed by atoms with Crippen LogP contribution in [0.3, 0.4) is 0 Å². The molecule has 5 heteroatoms. The molecule has 0 amide bonds. The summed E-state index contributed by atoms with van der Waals surface area (Å²) in [6.07, 6.45) is 7.84. The van der Waals surface area contributed by atoms with E-state index in [1.807, 2.05) is 30.0 Å². The van der Waals surface area contributed by atoms with Crippen molar-refractivity contribution in [2.45, 2.75) is 54.3 Å². The van der Waals surface area contributed by atoms with Gasteiger partial charge >= 0.3 is 0 Å². The lowest BCUT2D eigenvalue weighted by molar-refractivity contribution is 0.335. The van der Waals surface area contributed by atoms with E-state index in [0.717, 1.165) is 10.8 Å². The van der Waals surface area contributed by atoms with Crippen molar-refractivity contribution >= 4 is 21.6 Å². The monoisotopic (exact) mass is 325 g/mol. The van der Waals surface area contributed by atoms with E-state index < -0.39 is 9.84 Å². The number of sulfone groups is 1. The van der Waals surface area contributed by atoms with Gasteiger partial charge in [-0.1, -0.05) is 18.2 Å². The Hall–Kier alpha value is -0.520. The fourth-order valence-corrected chi connectivity index (χ4v) is 5.88. The zero-order valence-corrected chi connectivity index (χ0v) is 14.1. The predicted octanol–water partition coefficient (Wildman–Crippen LogP) is 3.17. The van der Waals surface area contributed by atoms with Crippen LogP contribution in [0.25, 0.3) is 0 Å². The number of fused-ring (bicyclic) bond motifs is 1. The van der Waals surface area contributed by atoms with Gasteiger partial charge in [-0.2, -0.15) is 11.8 Å². The number of hydrogen-bond acceptors (Lipinski definition) is 4. The molecular weight excluding hydrogens is 302 g/mol. The van der Waals surface area contributed by atoms with Crippen molar-refractivity contribution in [1.29, 1.82) is 0 Å². The molecule has 21 heavy (non-hydrogen) atoms. The summed E-state index contributed by atoms with van der Waals surface area (Å²) >= 11 is 1.98. The van der Waals surface area contributed by atoms with Crippen LogP contribution in [0.1, 0.15) is 43.7 Å². The van der Waals surface area contributed by atoms with Crippen LogP contribution in [0.4, 0.5) is 0 Å². The molecule has 1 heterocycles. The summed E-state index contributed by atoms with van der Waals surface area (Å²) in [6, 6.07) is 8.22. The first-order valence-corrected chi connectivity index (χ1v) is 10.6. The first-order valence-electron chi connectivity index (χ1n) is 7.70. The summed E-state index contributed by atoms with van der Waals surface area (Å²) in [5.74, 6) is 0.266. The van der Waals surface area contributed by atoms with E-state index in [1.54, 1.807) is 6.07 Å². The maximum absolute atomic E-state index is 12.2. The van der Waals surface area contributed by atoms with E-state index in [2.05, 4.69) is 11.6 Å². The van der Waals surface area contributed by atoms with Gasteiger partial charge in [-0.3, -0.25) is 0 Å². The van der Waals surface area contributed by atoms with Gasteiger partial charge in [0, 0.05) is 17.3 Å². The smallest absolute Gasteiger partial charge is 0.178 e. The molecule has 1 aromatic carbocycles. The van der Waals surface area contributed by atoms with Crippen LogP contribution in [-0.2, 0) is 9.84 Å². The van der Waals surface area contributed by atoms with Crippen molar-refractivity contribution in [2.75, 3.05) is 12.0 Å². The highest BCUT2D eigenvalue weighted by atomic mass is 32.2. The Labute approximate surface area is 131 Å². The Kier molecular flexibility index (Phi) is 4.62. The van der Waals surface area contributed by atoms with Crippen molar-refractivity contribution in [3.63, 3.8) is 0 Å².